The van der Waals surface area contributed by atoms with Crippen LogP contribution in [0, 0.1) is 22.7 Å². The summed E-state index contributed by atoms with van der Waals surface area (Å²) in [5, 5.41) is -0.393. The molecular formula is C17H17F3S. The van der Waals surface area contributed by atoms with Crippen LogP contribution in [0.15, 0.2) is 24.3 Å². The smallest absolute Gasteiger partial charge is 0.176 e. The Morgan fingerprint density at radius 3 is 2.24 bits per heavy atom. The van der Waals surface area contributed by atoms with E-state index in [1.54, 1.807) is 12.1 Å². The maximum Gasteiger partial charge on any atom is 0.176 e. The fourth-order valence-electron chi connectivity index (χ4n) is 3.10. The van der Waals surface area contributed by atoms with Crippen LogP contribution in [0.4, 0.5) is 13.2 Å². The molecule has 0 bridgehead atoms. The molecule has 1 aliphatic rings. The van der Waals surface area contributed by atoms with Crippen molar-refractivity contribution in [1.82, 2.24) is 0 Å². The van der Waals surface area contributed by atoms with E-state index in [0.717, 1.165) is 37.0 Å². The van der Waals surface area contributed by atoms with E-state index in [9.17, 15) is 13.2 Å². The quantitative estimate of drug-likeness (QED) is 0.626. The molecule has 0 N–H and O–H groups in total. The van der Waals surface area contributed by atoms with Gasteiger partial charge in [-0.05, 0) is 42.4 Å². The Kier molecular flexibility index (Phi) is 4.07. The zero-order valence-corrected chi connectivity index (χ0v) is 12.7. The third-order valence-electron chi connectivity index (χ3n) is 4.41. The van der Waals surface area contributed by atoms with Crippen molar-refractivity contribution < 1.29 is 13.2 Å². The summed E-state index contributed by atoms with van der Waals surface area (Å²) < 4.78 is 41.7. The van der Waals surface area contributed by atoms with Gasteiger partial charge in [0.25, 0.3) is 0 Å². The molecule has 0 unspecified atom stereocenters. The Morgan fingerprint density at radius 2 is 1.62 bits per heavy atom. The highest BCUT2D eigenvalue weighted by Crippen LogP contribution is 2.39. The molecule has 2 aromatic rings. The van der Waals surface area contributed by atoms with E-state index in [2.05, 4.69) is 6.92 Å². The maximum absolute atomic E-state index is 14.4. The van der Waals surface area contributed by atoms with Crippen LogP contribution in [0.3, 0.4) is 0 Å². The summed E-state index contributed by atoms with van der Waals surface area (Å²) in [5.74, 6) is -0.846. The molecule has 0 nitrogen and oxygen atoms in total. The second-order valence-electron chi connectivity index (χ2n) is 5.89. The lowest BCUT2D eigenvalue weighted by Gasteiger charge is -2.27. The lowest BCUT2D eigenvalue weighted by Crippen LogP contribution is -2.13. The Hall–Kier alpha value is -1.29. The van der Waals surface area contributed by atoms with Crippen LogP contribution < -0.4 is 0 Å². The molecule has 21 heavy (non-hydrogen) atoms. The zero-order valence-electron chi connectivity index (χ0n) is 11.8. The molecule has 0 amide bonds. The summed E-state index contributed by atoms with van der Waals surface area (Å²) in [7, 11) is 0. The predicted octanol–water partition coefficient (Wildman–Crippen LogP) is 6.13. The van der Waals surface area contributed by atoms with Gasteiger partial charge in [0.1, 0.15) is 0 Å². The Bertz CT molecular complexity index is 639. The molecule has 1 heterocycles. The van der Waals surface area contributed by atoms with Crippen molar-refractivity contribution in [3.63, 3.8) is 0 Å². The van der Waals surface area contributed by atoms with Crippen molar-refractivity contribution in [2.45, 2.75) is 38.5 Å². The summed E-state index contributed by atoms with van der Waals surface area (Å²) in [5.41, 5.74) is 0.620. The average molecular weight is 310 g/mol. The number of hydrogen-bond donors (Lipinski definition) is 0. The molecule has 0 saturated heterocycles. The highest BCUT2D eigenvalue weighted by atomic mass is 32.1. The lowest BCUT2D eigenvalue weighted by molar-refractivity contribution is 0.339. The molecule has 1 aromatic carbocycles. The van der Waals surface area contributed by atoms with Crippen molar-refractivity contribution in [1.29, 1.82) is 0 Å². The molecule has 0 spiro atoms. The molecule has 1 aliphatic carbocycles. The molecule has 1 fully saturated rings. The van der Waals surface area contributed by atoms with Crippen LogP contribution in [-0.4, -0.2) is 0 Å². The van der Waals surface area contributed by atoms with E-state index >= 15 is 0 Å². The van der Waals surface area contributed by atoms with Crippen molar-refractivity contribution in [3.05, 3.63) is 46.6 Å². The van der Waals surface area contributed by atoms with Gasteiger partial charge < -0.3 is 0 Å². The third-order valence-corrected chi connectivity index (χ3v) is 5.31. The van der Waals surface area contributed by atoms with Crippen molar-refractivity contribution >= 4 is 11.3 Å². The minimum atomic E-state index is -0.854. The Morgan fingerprint density at radius 1 is 0.905 bits per heavy atom. The average Bonchev–Trinajstić information content (AvgIpc) is 2.89. The van der Waals surface area contributed by atoms with Gasteiger partial charge in [-0.2, -0.15) is 4.39 Å². The van der Waals surface area contributed by atoms with Crippen molar-refractivity contribution in [2.75, 3.05) is 0 Å². The summed E-state index contributed by atoms with van der Waals surface area (Å²) in [6.45, 7) is 2.20. The van der Waals surface area contributed by atoms with Gasteiger partial charge in [-0.25, -0.2) is 8.78 Å². The SMILES string of the molecule is CC1CCC(c2ccc(-c3ccc(F)s3)c(F)c2F)CC1. The first-order valence-electron chi connectivity index (χ1n) is 7.30. The van der Waals surface area contributed by atoms with E-state index in [4.69, 9.17) is 0 Å². The van der Waals surface area contributed by atoms with E-state index < -0.39 is 16.8 Å². The van der Waals surface area contributed by atoms with E-state index in [1.807, 2.05) is 0 Å². The predicted molar refractivity (Wildman–Crippen MR) is 80.0 cm³/mol. The first-order valence-corrected chi connectivity index (χ1v) is 8.11. The van der Waals surface area contributed by atoms with E-state index in [1.165, 1.54) is 12.1 Å². The van der Waals surface area contributed by atoms with Gasteiger partial charge in [0.2, 0.25) is 0 Å². The highest BCUT2D eigenvalue weighted by molar-refractivity contribution is 7.13. The molecule has 3 rings (SSSR count). The number of benzene rings is 1. The first kappa shape index (κ1) is 14.6. The molecule has 1 saturated carbocycles. The number of rotatable bonds is 2. The number of hydrogen-bond acceptors (Lipinski definition) is 1. The highest BCUT2D eigenvalue weighted by Gasteiger charge is 2.25. The monoisotopic (exact) mass is 310 g/mol. The fraction of sp³-hybridized carbons (Fsp3) is 0.412. The summed E-state index contributed by atoms with van der Waals surface area (Å²) in [4.78, 5) is 0.424. The molecule has 112 valence electrons. The van der Waals surface area contributed by atoms with Crippen LogP contribution in [0.1, 0.15) is 44.1 Å². The van der Waals surface area contributed by atoms with Crippen molar-refractivity contribution in [2.24, 2.45) is 5.92 Å². The molecule has 0 radical (unpaired) electrons. The van der Waals surface area contributed by atoms with Gasteiger partial charge >= 0.3 is 0 Å². The fourth-order valence-corrected chi connectivity index (χ4v) is 3.85. The minimum absolute atomic E-state index is 0.102. The second-order valence-corrected chi connectivity index (χ2v) is 6.92. The summed E-state index contributed by atoms with van der Waals surface area (Å²) in [6.07, 6.45) is 3.93. The van der Waals surface area contributed by atoms with Crippen LogP contribution in [-0.2, 0) is 0 Å². The van der Waals surface area contributed by atoms with Crippen LogP contribution in [0.5, 0.6) is 0 Å². The molecule has 1 aromatic heterocycles. The first-order chi connectivity index (χ1) is 10.1. The molecule has 0 atom stereocenters. The van der Waals surface area contributed by atoms with Gasteiger partial charge in [-0.15, -0.1) is 11.3 Å². The Labute approximate surface area is 126 Å². The van der Waals surface area contributed by atoms with Gasteiger partial charge in [-0.1, -0.05) is 31.9 Å². The summed E-state index contributed by atoms with van der Waals surface area (Å²) in [6, 6.07) is 6.01. The molecular weight excluding hydrogens is 293 g/mol. The standard InChI is InChI=1S/C17H17F3S/c1-10-2-4-11(5-3-10)12-6-7-13(17(20)16(12)19)14-8-9-15(18)21-14/h6-11H,2-5H2,1H3. The molecule has 4 heteroatoms. The normalized spacial score (nSPS) is 22.5. The van der Waals surface area contributed by atoms with Gasteiger partial charge in [0.15, 0.2) is 16.8 Å². The minimum Gasteiger partial charge on any atom is -0.203 e. The van der Waals surface area contributed by atoms with Gasteiger partial charge in [0.05, 0.1) is 0 Å². The van der Waals surface area contributed by atoms with Crippen LogP contribution >= 0.6 is 11.3 Å². The topological polar surface area (TPSA) is 0 Å². The Balaban J connectivity index is 1.93. The zero-order chi connectivity index (χ0) is 15.0. The van der Waals surface area contributed by atoms with Crippen LogP contribution in [0.25, 0.3) is 10.4 Å². The summed E-state index contributed by atoms with van der Waals surface area (Å²) >= 11 is 0.832. The van der Waals surface area contributed by atoms with Crippen LogP contribution in [0.2, 0.25) is 0 Å². The third kappa shape index (κ3) is 2.86. The molecule has 0 aliphatic heterocycles. The van der Waals surface area contributed by atoms with Gasteiger partial charge in [0, 0.05) is 10.4 Å². The largest absolute Gasteiger partial charge is 0.203 e. The lowest BCUT2D eigenvalue weighted by atomic mass is 9.79. The second kappa shape index (κ2) is 5.84. The van der Waals surface area contributed by atoms with E-state index in [0.29, 0.717) is 16.4 Å². The van der Waals surface area contributed by atoms with Gasteiger partial charge in [-0.3, -0.25) is 0 Å². The number of thiophene rings is 1. The van der Waals surface area contributed by atoms with E-state index in [-0.39, 0.29) is 11.5 Å². The maximum atomic E-state index is 14.4. The van der Waals surface area contributed by atoms with Crippen molar-refractivity contribution in [3.8, 4) is 10.4 Å². The number of halogens is 3.